The number of phenolic OH excluding ortho intramolecular Hbond substituents is 1. The number of amides is 1. The SMILES string of the molecule is O=C(O)C1CSCN1C(=O)c1ccc(Br)c(O)c1. The number of carboxylic acid groups (broad SMARTS) is 1. The third kappa shape index (κ3) is 2.46. The van der Waals surface area contributed by atoms with Crippen LogP contribution in [0.1, 0.15) is 10.4 Å². The van der Waals surface area contributed by atoms with E-state index in [1.165, 1.54) is 22.7 Å². The fourth-order valence-electron chi connectivity index (χ4n) is 1.66. The number of thioether (sulfide) groups is 1. The van der Waals surface area contributed by atoms with Crippen molar-refractivity contribution in [3.63, 3.8) is 0 Å². The Hall–Kier alpha value is -1.21. The highest BCUT2D eigenvalue weighted by Crippen LogP contribution is 2.27. The van der Waals surface area contributed by atoms with Crippen LogP contribution < -0.4 is 0 Å². The van der Waals surface area contributed by atoms with E-state index in [0.717, 1.165) is 0 Å². The fraction of sp³-hybridized carbons (Fsp3) is 0.273. The number of nitrogens with zero attached hydrogens (tertiary/aromatic N) is 1. The minimum Gasteiger partial charge on any atom is -0.507 e. The van der Waals surface area contributed by atoms with Crippen molar-refractivity contribution in [2.75, 3.05) is 11.6 Å². The van der Waals surface area contributed by atoms with Crippen molar-refractivity contribution in [3.05, 3.63) is 28.2 Å². The van der Waals surface area contributed by atoms with Gasteiger partial charge in [-0.15, -0.1) is 11.8 Å². The summed E-state index contributed by atoms with van der Waals surface area (Å²) in [5, 5.41) is 18.5. The second-order valence-electron chi connectivity index (χ2n) is 3.80. The third-order valence-electron chi connectivity index (χ3n) is 2.62. The Kier molecular flexibility index (Phi) is 3.82. The molecule has 1 saturated heterocycles. The number of carbonyl (C=O) groups excluding carboxylic acids is 1. The van der Waals surface area contributed by atoms with Crippen molar-refractivity contribution >= 4 is 39.6 Å². The largest absolute Gasteiger partial charge is 0.507 e. The molecule has 1 fully saturated rings. The number of rotatable bonds is 2. The molecule has 7 heteroatoms. The van der Waals surface area contributed by atoms with Gasteiger partial charge in [-0.05, 0) is 34.1 Å². The Morgan fingerprint density at radius 2 is 2.17 bits per heavy atom. The molecule has 0 saturated carbocycles. The zero-order chi connectivity index (χ0) is 13.3. The molecule has 2 rings (SSSR count). The molecular weight excluding hydrogens is 322 g/mol. The fourth-order valence-corrected chi connectivity index (χ4v) is 3.05. The van der Waals surface area contributed by atoms with Gasteiger partial charge in [0.1, 0.15) is 11.8 Å². The number of benzene rings is 1. The second-order valence-corrected chi connectivity index (χ2v) is 5.65. The second kappa shape index (κ2) is 5.19. The minimum absolute atomic E-state index is 0.0421. The topological polar surface area (TPSA) is 77.8 Å². The molecule has 1 aliphatic rings. The molecule has 0 radical (unpaired) electrons. The average molecular weight is 332 g/mol. The molecule has 1 heterocycles. The van der Waals surface area contributed by atoms with E-state index in [-0.39, 0.29) is 17.2 Å². The lowest BCUT2D eigenvalue weighted by atomic mass is 10.1. The third-order valence-corrected chi connectivity index (χ3v) is 4.30. The maximum absolute atomic E-state index is 12.1. The van der Waals surface area contributed by atoms with Crippen LogP contribution in [-0.4, -0.2) is 44.7 Å². The normalized spacial score (nSPS) is 18.9. The van der Waals surface area contributed by atoms with E-state index < -0.39 is 12.0 Å². The Labute approximate surface area is 116 Å². The van der Waals surface area contributed by atoms with Gasteiger partial charge in [-0.2, -0.15) is 0 Å². The smallest absolute Gasteiger partial charge is 0.327 e. The first-order valence-corrected chi connectivity index (χ1v) is 7.05. The predicted molar refractivity (Wildman–Crippen MR) is 70.7 cm³/mol. The van der Waals surface area contributed by atoms with Crippen LogP contribution in [0.2, 0.25) is 0 Å². The molecule has 0 spiro atoms. The van der Waals surface area contributed by atoms with Crippen LogP contribution in [0.5, 0.6) is 5.75 Å². The molecule has 1 aromatic rings. The maximum atomic E-state index is 12.1. The first kappa shape index (κ1) is 13.2. The first-order chi connectivity index (χ1) is 8.50. The number of halogens is 1. The molecule has 96 valence electrons. The summed E-state index contributed by atoms with van der Waals surface area (Å²) in [5.74, 6) is -0.680. The molecule has 0 aromatic heterocycles. The molecule has 1 aliphatic heterocycles. The summed E-state index contributed by atoms with van der Waals surface area (Å²) in [4.78, 5) is 24.5. The van der Waals surface area contributed by atoms with Gasteiger partial charge in [-0.3, -0.25) is 4.79 Å². The number of hydrogen-bond acceptors (Lipinski definition) is 4. The van der Waals surface area contributed by atoms with Crippen LogP contribution in [0.4, 0.5) is 0 Å². The van der Waals surface area contributed by atoms with E-state index >= 15 is 0 Å². The first-order valence-electron chi connectivity index (χ1n) is 5.10. The highest BCUT2D eigenvalue weighted by Gasteiger charge is 2.35. The summed E-state index contributed by atoms with van der Waals surface area (Å²) < 4.78 is 0.490. The lowest BCUT2D eigenvalue weighted by molar-refractivity contribution is -0.140. The predicted octanol–water partition coefficient (Wildman–Crippen LogP) is 1.75. The lowest BCUT2D eigenvalue weighted by Gasteiger charge is -2.20. The Morgan fingerprint density at radius 1 is 1.44 bits per heavy atom. The molecule has 1 amide bonds. The van der Waals surface area contributed by atoms with Gasteiger partial charge in [0.05, 0.1) is 10.3 Å². The molecule has 0 aliphatic carbocycles. The van der Waals surface area contributed by atoms with E-state index in [1.807, 2.05) is 0 Å². The van der Waals surface area contributed by atoms with Gasteiger partial charge in [0.2, 0.25) is 0 Å². The molecule has 1 atom stereocenters. The molecule has 5 nitrogen and oxygen atoms in total. The van der Waals surface area contributed by atoms with Crippen molar-refractivity contribution in [1.29, 1.82) is 0 Å². The average Bonchev–Trinajstić information content (AvgIpc) is 2.81. The summed E-state index contributed by atoms with van der Waals surface area (Å²) >= 11 is 4.53. The number of carboxylic acids is 1. The highest BCUT2D eigenvalue weighted by atomic mass is 79.9. The highest BCUT2D eigenvalue weighted by molar-refractivity contribution is 9.10. The lowest BCUT2D eigenvalue weighted by Crippen LogP contribution is -2.41. The number of aliphatic carboxylic acids is 1. The van der Waals surface area contributed by atoms with Crippen molar-refractivity contribution in [2.24, 2.45) is 0 Å². The standard InChI is InChI=1S/C11H10BrNO4S/c12-7-2-1-6(3-9(7)14)10(15)13-5-18-4-8(13)11(16)17/h1-3,8,14H,4-5H2,(H,16,17). The van der Waals surface area contributed by atoms with E-state index in [0.29, 0.717) is 16.1 Å². The van der Waals surface area contributed by atoms with Gasteiger partial charge in [0, 0.05) is 11.3 Å². The van der Waals surface area contributed by atoms with Gasteiger partial charge >= 0.3 is 5.97 Å². The van der Waals surface area contributed by atoms with Crippen LogP contribution >= 0.6 is 27.7 Å². The van der Waals surface area contributed by atoms with Crippen molar-refractivity contribution in [1.82, 2.24) is 4.90 Å². The molecule has 1 unspecified atom stereocenters. The summed E-state index contributed by atoms with van der Waals surface area (Å²) in [6.45, 7) is 0. The van der Waals surface area contributed by atoms with E-state index in [1.54, 1.807) is 12.1 Å². The van der Waals surface area contributed by atoms with Crippen LogP contribution in [0, 0.1) is 0 Å². The number of carbonyl (C=O) groups is 2. The molecule has 0 bridgehead atoms. The zero-order valence-electron chi connectivity index (χ0n) is 9.17. The minimum atomic E-state index is -1.00. The molecule has 2 N–H and O–H groups in total. The summed E-state index contributed by atoms with van der Waals surface area (Å²) in [5.41, 5.74) is 0.282. The van der Waals surface area contributed by atoms with Crippen LogP contribution in [0.25, 0.3) is 0 Å². The Morgan fingerprint density at radius 3 is 2.78 bits per heavy atom. The molecular formula is C11H10BrNO4S. The van der Waals surface area contributed by atoms with Gasteiger partial charge in [-0.25, -0.2) is 4.79 Å². The summed E-state index contributed by atoms with van der Waals surface area (Å²) in [6, 6.07) is 3.64. The number of phenols is 1. The number of hydrogen-bond donors (Lipinski definition) is 2. The molecule has 1 aromatic carbocycles. The van der Waals surface area contributed by atoms with Crippen molar-refractivity contribution in [3.8, 4) is 5.75 Å². The van der Waals surface area contributed by atoms with Crippen molar-refractivity contribution in [2.45, 2.75) is 6.04 Å². The zero-order valence-corrected chi connectivity index (χ0v) is 11.6. The van der Waals surface area contributed by atoms with Gasteiger partial charge in [0.15, 0.2) is 0 Å². The van der Waals surface area contributed by atoms with E-state index in [9.17, 15) is 14.7 Å². The van der Waals surface area contributed by atoms with Crippen LogP contribution in [-0.2, 0) is 4.79 Å². The van der Waals surface area contributed by atoms with Crippen LogP contribution in [0.15, 0.2) is 22.7 Å². The quantitative estimate of drug-likeness (QED) is 0.863. The molecule has 18 heavy (non-hydrogen) atoms. The number of aromatic hydroxyl groups is 1. The monoisotopic (exact) mass is 331 g/mol. The van der Waals surface area contributed by atoms with Gasteiger partial charge in [-0.1, -0.05) is 0 Å². The van der Waals surface area contributed by atoms with Gasteiger partial charge < -0.3 is 15.1 Å². The Bertz CT molecular complexity index is 508. The summed E-state index contributed by atoms with van der Waals surface area (Å²) in [6.07, 6.45) is 0. The maximum Gasteiger partial charge on any atom is 0.327 e. The van der Waals surface area contributed by atoms with E-state index in [2.05, 4.69) is 15.9 Å². The van der Waals surface area contributed by atoms with Crippen LogP contribution in [0.3, 0.4) is 0 Å². The summed E-state index contributed by atoms with van der Waals surface area (Å²) in [7, 11) is 0. The van der Waals surface area contributed by atoms with Crippen molar-refractivity contribution < 1.29 is 19.8 Å². The van der Waals surface area contributed by atoms with Gasteiger partial charge in [0.25, 0.3) is 5.91 Å². The Balaban J connectivity index is 2.25. The van der Waals surface area contributed by atoms with E-state index in [4.69, 9.17) is 5.11 Å².